The fraction of sp³-hybridized carbons (Fsp3) is 0.571. The predicted molar refractivity (Wildman–Crippen MR) is 136 cm³/mol. The second kappa shape index (κ2) is 9.45. The van der Waals surface area contributed by atoms with Crippen LogP contribution in [-0.2, 0) is 17.6 Å². The molecule has 3 heterocycles. The molecule has 1 saturated carbocycles. The number of nitrogens with one attached hydrogen (secondary N) is 1. The summed E-state index contributed by atoms with van der Waals surface area (Å²) < 4.78 is 43.0. The molecule has 3 fully saturated rings. The van der Waals surface area contributed by atoms with Crippen LogP contribution >= 0.6 is 11.6 Å². The quantitative estimate of drug-likeness (QED) is 0.523. The number of piperidine rings is 1. The fourth-order valence-electron chi connectivity index (χ4n) is 6.47. The standard InChI is InChI=1S/C28H32ClF3N4O/c29-21-4-3-19-14-23(15-20(19)13-21)34-22-5-6-24(33-16-22)25(28(30,31)32)36-12-9-27(26(36)37)7-10-35(11-8-27)17-18-1-2-18/h3-6,13,16,18,23,25,34H,1-2,7-12,14-15,17H2. The van der Waals surface area contributed by atoms with Crippen LogP contribution in [0.1, 0.15) is 55.0 Å². The molecule has 2 aliphatic heterocycles. The van der Waals surface area contributed by atoms with Gasteiger partial charge in [0.15, 0.2) is 6.04 Å². The molecule has 1 aromatic carbocycles. The Morgan fingerprint density at radius 1 is 1.05 bits per heavy atom. The van der Waals surface area contributed by atoms with Gasteiger partial charge in [0.2, 0.25) is 5.91 Å². The van der Waals surface area contributed by atoms with E-state index in [2.05, 4.69) is 15.2 Å². The van der Waals surface area contributed by atoms with Gasteiger partial charge in [-0.1, -0.05) is 17.7 Å². The smallest absolute Gasteiger partial charge is 0.380 e. The van der Waals surface area contributed by atoms with Gasteiger partial charge in [-0.15, -0.1) is 0 Å². The van der Waals surface area contributed by atoms with Crippen LogP contribution in [0.5, 0.6) is 0 Å². The molecular formula is C28H32ClF3N4O. The van der Waals surface area contributed by atoms with Gasteiger partial charge in [-0.3, -0.25) is 9.78 Å². The molecule has 0 bridgehead atoms. The summed E-state index contributed by atoms with van der Waals surface area (Å²) in [6, 6.07) is 7.02. The molecule has 1 N–H and O–H groups in total. The molecule has 2 aliphatic carbocycles. The van der Waals surface area contributed by atoms with Crippen molar-refractivity contribution in [3.05, 3.63) is 58.4 Å². The van der Waals surface area contributed by atoms with E-state index in [0.29, 0.717) is 30.0 Å². The first kappa shape index (κ1) is 25.0. The van der Waals surface area contributed by atoms with Crippen LogP contribution in [0.3, 0.4) is 0 Å². The highest BCUT2D eigenvalue weighted by Crippen LogP contribution is 2.48. The van der Waals surface area contributed by atoms with Crippen molar-refractivity contribution in [2.24, 2.45) is 11.3 Å². The lowest BCUT2D eigenvalue weighted by molar-refractivity contribution is -0.192. The van der Waals surface area contributed by atoms with Crippen LogP contribution in [0, 0.1) is 11.3 Å². The molecule has 1 amide bonds. The van der Waals surface area contributed by atoms with Crippen LogP contribution in [0.4, 0.5) is 18.9 Å². The van der Waals surface area contributed by atoms with Crippen molar-refractivity contribution < 1.29 is 18.0 Å². The van der Waals surface area contributed by atoms with Crippen LogP contribution in [0.2, 0.25) is 5.02 Å². The minimum atomic E-state index is -4.60. The highest BCUT2D eigenvalue weighted by Gasteiger charge is 2.56. The first-order chi connectivity index (χ1) is 17.7. The summed E-state index contributed by atoms with van der Waals surface area (Å²) in [6.07, 6.45) is 2.79. The van der Waals surface area contributed by atoms with E-state index in [0.717, 1.165) is 43.3 Å². The Morgan fingerprint density at radius 3 is 2.46 bits per heavy atom. The van der Waals surface area contributed by atoms with Crippen LogP contribution in [-0.4, -0.2) is 59.1 Å². The highest BCUT2D eigenvalue weighted by molar-refractivity contribution is 6.30. The number of amides is 1. The molecule has 0 radical (unpaired) electrons. The second-order valence-electron chi connectivity index (χ2n) is 11.4. The van der Waals surface area contributed by atoms with Gasteiger partial charge >= 0.3 is 6.18 Å². The largest absolute Gasteiger partial charge is 0.414 e. The number of hydrogen-bond donors (Lipinski definition) is 1. The number of hydrogen-bond acceptors (Lipinski definition) is 4. The number of halogens is 4. The Bertz CT molecular complexity index is 1160. The van der Waals surface area contributed by atoms with Crippen molar-refractivity contribution >= 4 is 23.2 Å². The summed E-state index contributed by atoms with van der Waals surface area (Å²) in [4.78, 5) is 21.1. The van der Waals surface area contributed by atoms with Gasteiger partial charge in [0.05, 0.1) is 23.0 Å². The van der Waals surface area contributed by atoms with E-state index in [1.807, 2.05) is 18.2 Å². The number of alkyl halides is 3. The molecule has 5 nitrogen and oxygen atoms in total. The molecule has 1 spiro atoms. The zero-order chi connectivity index (χ0) is 25.8. The van der Waals surface area contributed by atoms with Crippen molar-refractivity contribution in [2.45, 2.75) is 63.2 Å². The number of anilines is 1. The SMILES string of the molecule is O=C1N(C(c2ccc(NC3Cc4ccc(Cl)cc4C3)cn2)C(F)(F)F)CCC12CCN(CC1CC1)CC2. The normalized spacial score (nSPS) is 24.5. The van der Waals surface area contributed by atoms with Gasteiger partial charge in [0, 0.05) is 24.2 Å². The number of pyridine rings is 1. The molecule has 198 valence electrons. The molecule has 2 unspecified atom stereocenters. The van der Waals surface area contributed by atoms with E-state index in [9.17, 15) is 18.0 Å². The summed E-state index contributed by atoms with van der Waals surface area (Å²) in [5.41, 5.74) is 2.29. The average molecular weight is 533 g/mol. The Morgan fingerprint density at radius 2 is 1.78 bits per heavy atom. The van der Waals surface area contributed by atoms with E-state index < -0.39 is 17.6 Å². The number of aromatic nitrogens is 1. The van der Waals surface area contributed by atoms with E-state index in [1.165, 1.54) is 36.2 Å². The molecule has 6 rings (SSSR count). The molecular weight excluding hydrogens is 501 g/mol. The van der Waals surface area contributed by atoms with E-state index in [-0.39, 0.29) is 24.2 Å². The average Bonchev–Trinajstić information content (AvgIpc) is 3.51. The van der Waals surface area contributed by atoms with Crippen LogP contribution < -0.4 is 5.32 Å². The van der Waals surface area contributed by atoms with Crippen molar-refractivity contribution in [2.75, 3.05) is 31.5 Å². The molecule has 2 aromatic rings. The summed E-state index contributed by atoms with van der Waals surface area (Å²) in [5.74, 6) is 0.415. The lowest BCUT2D eigenvalue weighted by Crippen LogP contribution is -2.47. The maximum absolute atomic E-state index is 14.3. The van der Waals surface area contributed by atoms with Gasteiger partial charge in [0.25, 0.3) is 0 Å². The first-order valence-corrected chi connectivity index (χ1v) is 13.7. The third-order valence-electron chi connectivity index (χ3n) is 8.73. The third kappa shape index (κ3) is 5.07. The number of rotatable bonds is 6. The Kier molecular flexibility index (Phi) is 6.38. The number of carbonyl (C=O) groups excluding carboxylic acids is 1. The molecule has 2 atom stereocenters. The number of carbonyl (C=O) groups is 1. The van der Waals surface area contributed by atoms with Crippen molar-refractivity contribution in [1.82, 2.24) is 14.8 Å². The minimum Gasteiger partial charge on any atom is -0.380 e. The molecule has 2 saturated heterocycles. The maximum atomic E-state index is 14.3. The molecule has 4 aliphatic rings. The zero-order valence-corrected chi connectivity index (χ0v) is 21.5. The zero-order valence-electron chi connectivity index (χ0n) is 20.7. The monoisotopic (exact) mass is 532 g/mol. The van der Waals surface area contributed by atoms with Crippen molar-refractivity contribution in [3.8, 4) is 0 Å². The predicted octanol–water partition coefficient (Wildman–Crippen LogP) is 5.64. The second-order valence-corrected chi connectivity index (χ2v) is 11.8. The van der Waals surface area contributed by atoms with Gasteiger partial charge in [-0.25, -0.2) is 0 Å². The Balaban J connectivity index is 1.13. The van der Waals surface area contributed by atoms with Crippen molar-refractivity contribution in [3.63, 3.8) is 0 Å². The molecule has 37 heavy (non-hydrogen) atoms. The summed E-state index contributed by atoms with van der Waals surface area (Å²) in [6.45, 7) is 2.77. The van der Waals surface area contributed by atoms with Crippen LogP contribution in [0.15, 0.2) is 36.5 Å². The van der Waals surface area contributed by atoms with Crippen LogP contribution in [0.25, 0.3) is 0 Å². The van der Waals surface area contributed by atoms with Gasteiger partial charge in [0.1, 0.15) is 0 Å². The first-order valence-electron chi connectivity index (χ1n) is 13.3. The number of likely N-dealkylation sites (tertiary alicyclic amines) is 2. The summed E-state index contributed by atoms with van der Waals surface area (Å²) in [7, 11) is 0. The van der Waals surface area contributed by atoms with E-state index in [4.69, 9.17) is 11.6 Å². The molecule has 9 heteroatoms. The topological polar surface area (TPSA) is 48.5 Å². The molecule has 1 aromatic heterocycles. The Labute approximate surface area is 220 Å². The van der Waals surface area contributed by atoms with Gasteiger partial charge < -0.3 is 15.1 Å². The van der Waals surface area contributed by atoms with E-state index >= 15 is 0 Å². The minimum absolute atomic E-state index is 0.121. The van der Waals surface area contributed by atoms with Crippen molar-refractivity contribution in [1.29, 1.82) is 0 Å². The summed E-state index contributed by atoms with van der Waals surface area (Å²) in [5, 5.41) is 4.09. The highest BCUT2D eigenvalue weighted by atomic mass is 35.5. The Hall–Kier alpha value is -2.32. The summed E-state index contributed by atoms with van der Waals surface area (Å²) >= 11 is 6.10. The lowest BCUT2D eigenvalue weighted by Gasteiger charge is -2.39. The third-order valence-corrected chi connectivity index (χ3v) is 8.97. The number of benzene rings is 1. The van der Waals surface area contributed by atoms with Gasteiger partial charge in [-0.05, 0) is 99.3 Å². The fourth-order valence-corrected chi connectivity index (χ4v) is 6.66. The number of fused-ring (bicyclic) bond motifs is 1. The maximum Gasteiger partial charge on any atom is 0.414 e. The van der Waals surface area contributed by atoms with E-state index in [1.54, 1.807) is 6.07 Å². The lowest BCUT2D eigenvalue weighted by atomic mass is 9.77. The van der Waals surface area contributed by atoms with Gasteiger partial charge in [-0.2, -0.15) is 13.2 Å². The number of nitrogens with zero attached hydrogens (tertiary/aromatic N) is 3.